The summed E-state index contributed by atoms with van der Waals surface area (Å²) in [5.74, 6) is 0.397. The number of phosphoric ester groups is 1. The lowest BCUT2D eigenvalue weighted by atomic mass is 9.85. The van der Waals surface area contributed by atoms with Gasteiger partial charge in [0.05, 0.1) is 52.3 Å². The molecule has 11 nitrogen and oxygen atoms in total. The van der Waals surface area contributed by atoms with Crippen molar-refractivity contribution >= 4 is 19.4 Å². The van der Waals surface area contributed by atoms with Gasteiger partial charge >= 0.3 is 7.82 Å². The standard InChI is InChI=1S/C22H31N2O9P/c1-22(2)21(33-34(27,28)31-14-13-30-12-11-29-10-9-25)20(24-8-4-5-19(24)26)17-15-16(23-3)6-7-18(17)32-22/h6-7,15,20-21,25H,4-5,8-14H2,1-2H3,(H,27,28)/t20-,21+/m1/s1. The molecule has 0 saturated carbocycles. The van der Waals surface area contributed by atoms with Crippen molar-refractivity contribution in [2.24, 2.45) is 0 Å². The van der Waals surface area contributed by atoms with Crippen molar-refractivity contribution in [1.29, 1.82) is 0 Å². The molecule has 2 aliphatic rings. The van der Waals surface area contributed by atoms with E-state index in [0.717, 1.165) is 0 Å². The van der Waals surface area contributed by atoms with E-state index in [1.165, 1.54) is 0 Å². The molecule has 1 aromatic rings. The molecule has 0 bridgehead atoms. The number of rotatable bonds is 12. The number of benzene rings is 1. The number of fused-ring (bicyclic) bond motifs is 1. The minimum atomic E-state index is -4.56. The lowest BCUT2D eigenvalue weighted by Gasteiger charge is -2.47. The number of nitrogens with zero attached hydrogens (tertiary/aromatic N) is 2. The number of hydrogen-bond donors (Lipinski definition) is 2. The molecule has 188 valence electrons. The number of amides is 1. The summed E-state index contributed by atoms with van der Waals surface area (Å²) in [6.07, 6.45) is -0.00492. The number of ether oxygens (including phenoxy) is 3. The van der Waals surface area contributed by atoms with Gasteiger partial charge in [-0.3, -0.25) is 13.8 Å². The molecule has 1 amide bonds. The third kappa shape index (κ3) is 6.55. The van der Waals surface area contributed by atoms with E-state index in [9.17, 15) is 14.3 Å². The van der Waals surface area contributed by atoms with Gasteiger partial charge in [-0.1, -0.05) is 6.07 Å². The lowest BCUT2D eigenvalue weighted by Crippen LogP contribution is -2.54. The fourth-order valence-corrected chi connectivity index (χ4v) is 5.09. The van der Waals surface area contributed by atoms with Gasteiger partial charge < -0.3 is 29.1 Å². The molecule has 0 aliphatic carbocycles. The van der Waals surface area contributed by atoms with Gasteiger partial charge in [0, 0.05) is 18.5 Å². The van der Waals surface area contributed by atoms with Crippen LogP contribution in [0, 0.1) is 6.57 Å². The number of carbonyl (C=O) groups excluding carboxylic acids is 1. The van der Waals surface area contributed by atoms with Crippen molar-refractivity contribution in [1.82, 2.24) is 4.90 Å². The fraction of sp³-hybridized carbons (Fsp3) is 0.636. The van der Waals surface area contributed by atoms with Crippen LogP contribution in [0.4, 0.5) is 5.69 Å². The summed E-state index contributed by atoms with van der Waals surface area (Å²) in [7, 11) is -4.56. The van der Waals surface area contributed by atoms with Crippen molar-refractivity contribution in [3.05, 3.63) is 35.2 Å². The van der Waals surface area contributed by atoms with Crippen molar-refractivity contribution in [3.8, 4) is 5.75 Å². The molecule has 12 heteroatoms. The summed E-state index contributed by atoms with van der Waals surface area (Å²) in [5.41, 5.74) is -0.164. The third-order valence-electron chi connectivity index (χ3n) is 5.57. The second kappa shape index (κ2) is 11.6. The fourth-order valence-electron chi connectivity index (χ4n) is 4.07. The Hall–Kier alpha value is -2.03. The number of aliphatic hydroxyl groups is 1. The van der Waals surface area contributed by atoms with Crippen LogP contribution in [0.1, 0.15) is 38.3 Å². The summed E-state index contributed by atoms with van der Waals surface area (Å²) in [5, 5.41) is 8.65. The molecule has 0 spiro atoms. The summed E-state index contributed by atoms with van der Waals surface area (Å²) < 4.78 is 40.0. The molecule has 0 radical (unpaired) electrons. The van der Waals surface area contributed by atoms with Crippen LogP contribution in [-0.2, 0) is 27.9 Å². The first-order valence-corrected chi connectivity index (χ1v) is 12.6. The Morgan fingerprint density at radius 3 is 2.59 bits per heavy atom. The largest absolute Gasteiger partial charge is 0.485 e. The molecule has 1 fully saturated rings. The van der Waals surface area contributed by atoms with E-state index in [4.69, 9.17) is 34.9 Å². The zero-order chi connectivity index (χ0) is 24.8. The van der Waals surface area contributed by atoms with Crippen LogP contribution in [-0.4, -0.2) is 78.7 Å². The first-order valence-electron chi connectivity index (χ1n) is 11.1. The highest BCUT2D eigenvalue weighted by Gasteiger charge is 2.51. The topological polar surface area (TPSA) is 128 Å². The third-order valence-corrected chi connectivity index (χ3v) is 6.57. The van der Waals surface area contributed by atoms with Gasteiger partial charge in [-0.25, -0.2) is 9.41 Å². The summed E-state index contributed by atoms with van der Waals surface area (Å²) >= 11 is 0. The average Bonchev–Trinajstić information content (AvgIpc) is 3.21. The number of aliphatic hydroxyl groups excluding tert-OH is 1. The van der Waals surface area contributed by atoms with Crippen molar-refractivity contribution < 1.29 is 42.6 Å². The maximum atomic E-state index is 12.8. The van der Waals surface area contributed by atoms with Crippen LogP contribution < -0.4 is 4.74 Å². The molecule has 34 heavy (non-hydrogen) atoms. The number of phosphoric acid groups is 1. The second-order valence-corrected chi connectivity index (χ2v) is 9.86. The normalized spacial score (nSPS) is 23.1. The lowest BCUT2D eigenvalue weighted by molar-refractivity contribution is -0.139. The molecule has 2 N–H and O–H groups in total. The Labute approximate surface area is 198 Å². The van der Waals surface area contributed by atoms with Crippen LogP contribution >= 0.6 is 7.82 Å². The highest BCUT2D eigenvalue weighted by Crippen LogP contribution is 2.54. The smallest absolute Gasteiger partial charge is 0.472 e. The first-order chi connectivity index (χ1) is 16.2. The average molecular weight is 498 g/mol. The monoisotopic (exact) mass is 498 g/mol. The van der Waals surface area contributed by atoms with Gasteiger partial charge in [0.15, 0.2) is 5.69 Å². The van der Waals surface area contributed by atoms with Crippen LogP contribution in [0.15, 0.2) is 18.2 Å². The first kappa shape index (κ1) is 26.6. The predicted molar refractivity (Wildman–Crippen MR) is 120 cm³/mol. The molecule has 1 saturated heterocycles. The van der Waals surface area contributed by atoms with E-state index in [0.29, 0.717) is 36.4 Å². The molecule has 1 aromatic carbocycles. The number of hydrogen-bond acceptors (Lipinski definition) is 8. The van der Waals surface area contributed by atoms with Gasteiger partial charge in [0.2, 0.25) is 5.91 Å². The van der Waals surface area contributed by atoms with Crippen molar-refractivity contribution in [2.45, 2.75) is 44.4 Å². The molecule has 2 heterocycles. The molecule has 3 rings (SSSR count). The van der Waals surface area contributed by atoms with E-state index >= 15 is 0 Å². The molecule has 3 atom stereocenters. The summed E-state index contributed by atoms with van der Waals surface area (Å²) in [4.78, 5) is 28.2. The van der Waals surface area contributed by atoms with Gasteiger partial charge in [0.25, 0.3) is 0 Å². The Morgan fingerprint density at radius 1 is 1.24 bits per heavy atom. The predicted octanol–water partition coefficient (Wildman–Crippen LogP) is 2.60. The molecule has 0 aromatic heterocycles. The second-order valence-electron chi connectivity index (χ2n) is 8.45. The highest BCUT2D eigenvalue weighted by atomic mass is 31.2. The van der Waals surface area contributed by atoms with E-state index in [2.05, 4.69) is 4.85 Å². The quantitative estimate of drug-likeness (QED) is 0.254. The van der Waals surface area contributed by atoms with Crippen LogP contribution in [0.25, 0.3) is 4.85 Å². The Balaban J connectivity index is 1.74. The minimum absolute atomic E-state index is 0.0339. The number of carbonyl (C=O) groups is 1. The van der Waals surface area contributed by atoms with Crippen LogP contribution in [0.3, 0.4) is 0 Å². The Morgan fingerprint density at radius 2 is 1.94 bits per heavy atom. The van der Waals surface area contributed by atoms with Gasteiger partial charge in [0.1, 0.15) is 17.5 Å². The maximum absolute atomic E-state index is 12.8. The SMILES string of the molecule is [C-]#[N+]c1ccc2c(c1)[C@@H](N1CCCC1=O)[C@H](OP(=O)(O)OCCOCCOCCO)C(C)(C)O2. The number of likely N-dealkylation sites (tertiary alicyclic amines) is 1. The van der Waals surface area contributed by atoms with Crippen molar-refractivity contribution in [2.75, 3.05) is 46.2 Å². The summed E-state index contributed by atoms with van der Waals surface area (Å²) in [6, 6.07) is 4.20. The molecular formula is C22H31N2O9P. The highest BCUT2D eigenvalue weighted by molar-refractivity contribution is 7.47. The molecular weight excluding hydrogens is 467 g/mol. The van der Waals surface area contributed by atoms with Crippen LogP contribution in [0.2, 0.25) is 0 Å². The van der Waals surface area contributed by atoms with Crippen molar-refractivity contribution in [3.63, 3.8) is 0 Å². The molecule has 2 aliphatic heterocycles. The molecule has 1 unspecified atom stereocenters. The van der Waals surface area contributed by atoms with E-state index in [1.807, 2.05) is 0 Å². The maximum Gasteiger partial charge on any atom is 0.472 e. The van der Waals surface area contributed by atoms with Gasteiger partial charge in [-0.05, 0) is 32.4 Å². The van der Waals surface area contributed by atoms with Gasteiger partial charge in [-0.15, -0.1) is 0 Å². The Kier molecular flexibility index (Phi) is 9.07. The minimum Gasteiger partial charge on any atom is -0.485 e. The van der Waals surface area contributed by atoms with Gasteiger partial charge in [-0.2, -0.15) is 0 Å². The van der Waals surface area contributed by atoms with E-state index in [1.54, 1.807) is 36.9 Å². The van der Waals surface area contributed by atoms with E-state index in [-0.39, 0.29) is 45.5 Å². The summed E-state index contributed by atoms with van der Waals surface area (Å²) in [6.45, 7) is 11.7. The van der Waals surface area contributed by atoms with E-state index < -0.39 is 25.6 Å². The van der Waals surface area contributed by atoms with Crippen LogP contribution in [0.5, 0.6) is 5.75 Å². The zero-order valence-corrected chi connectivity index (χ0v) is 20.2. The zero-order valence-electron chi connectivity index (χ0n) is 19.3. The Bertz CT molecular complexity index is 949.